The van der Waals surface area contributed by atoms with E-state index in [1.807, 2.05) is 0 Å². The molecule has 1 saturated heterocycles. The molecule has 9 heteroatoms. The lowest BCUT2D eigenvalue weighted by atomic mass is 10.1. The third kappa shape index (κ3) is 4.99. The Hall–Kier alpha value is -3.75. The quantitative estimate of drug-likeness (QED) is 0.673. The van der Waals surface area contributed by atoms with E-state index in [1.165, 1.54) is 12.0 Å². The van der Waals surface area contributed by atoms with Crippen molar-refractivity contribution in [1.82, 2.24) is 10.2 Å². The van der Waals surface area contributed by atoms with Gasteiger partial charge in [-0.3, -0.25) is 9.59 Å². The number of hydrogen-bond donors (Lipinski definition) is 3. The number of ether oxygens (including phenoxy) is 2. The first-order valence-electron chi connectivity index (χ1n) is 9.44. The molecule has 0 radical (unpaired) electrons. The smallest absolute Gasteiger partial charge is 0.322 e. The van der Waals surface area contributed by atoms with E-state index < -0.39 is 12.1 Å². The summed E-state index contributed by atoms with van der Waals surface area (Å²) < 4.78 is 10.3. The molecular weight excluding hydrogens is 388 g/mol. The first-order valence-corrected chi connectivity index (χ1v) is 9.44. The average molecular weight is 412 g/mol. The number of methoxy groups -OCH3 is 2. The second-order valence-electron chi connectivity index (χ2n) is 6.61. The van der Waals surface area contributed by atoms with E-state index in [1.54, 1.807) is 55.6 Å². The summed E-state index contributed by atoms with van der Waals surface area (Å²) >= 11 is 0. The summed E-state index contributed by atoms with van der Waals surface area (Å²) in [4.78, 5) is 39.1. The largest absolute Gasteiger partial charge is 0.497 e. The van der Waals surface area contributed by atoms with E-state index in [9.17, 15) is 14.4 Å². The Kier molecular flexibility index (Phi) is 6.74. The first-order chi connectivity index (χ1) is 14.5. The molecule has 1 atom stereocenters. The normalized spacial score (nSPS) is 15.7. The van der Waals surface area contributed by atoms with Gasteiger partial charge in [0, 0.05) is 18.8 Å². The Morgan fingerprint density at radius 2 is 1.80 bits per heavy atom. The highest BCUT2D eigenvalue weighted by Gasteiger charge is 2.35. The second kappa shape index (κ2) is 9.64. The molecule has 30 heavy (non-hydrogen) atoms. The number of nitrogens with one attached hydrogen (secondary N) is 3. The molecule has 4 amide bonds. The number of hydrogen-bond acceptors (Lipinski definition) is 5. The zero-order valence-electron chi connectivity index (χ0n) is 16.8. The van der Waals surface area contributed by atoms with Gasteiger partial charge in [-0.2, -0.15) is 0 Å². The fraction of sp³-hybridized carbons (Fsp3) is 0.286. The van der Waals surface area contributed by atoms with E-state index in [-0.39, 0.29) is 24.8 Å². The van der Waals surface area contributed by atoms with Gasteiger partial charge >= 0.3 is 6.03 Å². The van der Waals surface area contributed by atoms with Crippen LogP contribution in [0.2, 0.25) is 0 Å². The van der Waals surface area contributed by atoms with Crippen LogP contribution in [0, 0.1) is 0 Å². The highest BCUT2D eigenvalue weighted by molar-refractivity contribution is 5.99. The Balaban J connectivity index is 1.68. The van der Waals surface area contributed by atoms with Crippen LogP contribution in [-0.4, -0.2) is 56.1 Å². The standard InChI is InChI=1S/C21H24N4O5/c1-29-15-9-7-14(8-10-15)23-19(26)13-17-20(27)22-11-12-25(17)21(28)24-16-5-3-4-6-18(16)30-2/h3-10,17H,11-13H2,1-2H3,(H,22,27)(H,23,26)(H,24,28)/t17-/m1/s1. The van der Waals surface area contributed by atoms with Crippen LogP contribution >= 0.6 is 0 Å². The molecule has 2 aromatic carbocycles. The van der Waals surface area contributed by atoms with Crippen LogP contribution in [0.5, 0.6) is 11.5 Å². The van der Waals surface area contributed by atoms with Gasteiger partial charge in [0.25, 0.3) is 0 Å². The maximum Gasteiger partial charge on any atom is 0.322 e. The molecule has 1 heterocycles. The van der Waals surface area contributed by atoms with E-state index in [0.717, 1.165) is 0 Å². The van der Waals surface area contributed by atoms with Crippen LogP contribution < -0.4 is 25.4 Å². The minimum absolute atomic E-state index is 0.169. The summed E-state index contributed by atoms with van der Waals surface area (Å²) in [7, 11) is 3.06. The van der Waals surface area contributed by atoms with Crippen LogP contribution in [0.3, 0.4) is 0 Å². The Morgan fingerprint density at radius 1 is 1.07 bits per heavy atom. The van der Waals surface area contributed by atoms with Crippen molar-refractivity contribution in [3.8, 4) is 11.5 Å². The van der Waals surface area contributed by atoms with Crippen molar-refractivity contribution >= 4 is 29.2 Å². The molecule has 0 unspecified atom stereocenters. The first kappa shape index (κ1) is 21.0. The molecule has 0 spiro atoms. The highest BCUT2D eigenvalue weighted by Crippen LogP contribution is 2.24. The number of benzene rings is 2. The molecule has 0 aromatic heterocycles. The molecular formula is C21H24N4O5. The molecule has 0 saturated carbocycles. The fourth-order valence-electron chi connectivity index (χ4n) is 3.16. The molecule has 2 aromatic rings. The summed E-state index contributed by atoms with van der Waals surface area (Å²) in [5.41, 5.74) is 1.06. The average Bonchev–Trinajstić information content (AvgIpc) is 2.76. The Labute approximate surface area is 174 Å². The SMILES string of the molecule is COc1ccc(NC(=O)C[C@@H]2C(=O)NCCN2C(=O)Nc2ccccc2OC)cc1. The predicted molar refractivity (Wildman–Crippen MR) is 112 cm³/mol. The highest BCUT2D eigenvalue weighted by atomic mass is 16.5. The third-order valence-electron chi connectivity index (χ3n) is 4.69. The lowest BCUT2D eigenvalue weighted by Gasteiger charge is -2.34. The van der Waals surface area contributed by atoms with Crippen molar-refractivity contribution in [2.75, 3.05) is 37.9 Å². The maximum atomic E-state index is 12.8. The summed E-state index contributed by atoms with van der Waals surface area (Å²) in [6.07, 6.45) is -0.169. The van der Waals surface area contributed by atoms with Crippen molar-refractivity contribution < 1.29 is 23.9 Å². The van der Waals surface area contributed by atoms with Gasteiger partial charge in [-0.25, -0.2) is 4.79 Å². The number of piperazine rings is 1. The van der Waals surface area contributed by atoms with Crippen LogP contribution in [0.25, 0.3) is 0 Å². The van der Waals surface area contributed by atoms with Gasteiger partial charge in [0.05, 0.1) is 26.3 Å². The van der Waals surface area contributed by atoms with Gasteiger partial charge in [0.2, 0.25) is 11.8 Å². The molecule has 9 nitrogen and oxygen atoms in total. The minimum Gasteiger partial charge on any atom is -0.497 e. The maximum absolute atomic E-state index is 12.8. The van der Waals surface area contributed by atoms with Gasteiger partial charge in [0.1, 0.15) is 17.5 Å². The van der Waals surface area contributed by atoms with Gasteiger partial charge in [-0.1, -0.05) is 12.1 Å². The van der Waals surface area contributed by atoms with E-state index >= 15 is 0 Å². The lowest BCUT2D eigenvalue weighted by Crippen LogP contribution is -2.59. The van der Waals surface area contributed by atoms with E-state index in [0.29, 0.717) is 29.4 Å². The number of para-hydroxylation sites is 2. The summed E-state index contributed by atoms with van der Waals surface area (Å²) in [5, 5.41) is 8.20. The van der Waals surface area contributed by atoms with Crippen molar-refractivity contribution in [2.24, 2.45) is 0 Å². The number of amides is 4. The number of carbonyl (C=O) groups excluding carboxylic acids is 3. The molecule has 0 bridgehead atoms. The number of anilines is 2. The number of urea groups is 1. The lowest BCUT2D eigenvalue weighted by molar-refractivity contribution is -0.130. The van der Waals surface area contributed by atoms with Crippen molar-refractivity contribution in [3.63, 3.8) is 0 Å². The van der Waals surface area contributed by atoms with Crippen LogP contribution in [0.1, 0.15) is 6.42 Å². The molecule has 1 aliphatic heterocycles. The number of nitrogens with zero attached hydrogens (tertiary/aromatic N) is 1. The van der Waals surface area contributed by atoms with Crippen molar-refractivity contribution in [1.29, 1.82) is 0 Å². The molecule has 158 valence electrons. The van der Waals surface area contributed by atoms with Crippen LogP contribution in [0.15, 0.2) is 48.5 Å². The van der Waals surface area contributed by atoms with Gasteiger partial charge in [-0.15, -0.1) is 0 Å². The molecule has 1 aliphatic rings. The Morgan fingerprint density at radius 3 is 2.50 bits per heavy atom. The minimum atomic E-state index is -0.924. The van der Waals surface area contributed by atoms with E-state index in [2.05, 4.69) is 16.0 Å². The third-order valence-corrected chi connectivity index (χ3v) is 4.69. The van der Waals surface area contributed by atoms with Crippen molar-refractivity contribution in [3.05, 3.63) is 48.5 Å². The zero-order chi connectivity index (χ0) is 21.5. The fourth-order valence-corrected chi connectivity index (χ4v) is 3.16. The zero-order valence-corrected chi connectivity index (χ0v) is 16.8. The van der Waals surface area contributed by atoms with E-state index in [4.69, 9.17) is 9.47 Å². The van der Waals surface area contributed by atoms with Gasteiger partial charge < -0.3 is 30.3 Å². The summed E-state index contributed by atoms with van der Waals surface area (Å²) in [6.45, 7) is 0.599. The summed E-state index contributed by atoms with van der Waals surface area (Å²) in [6, 6.07) is 12.4. The second-order valence-corrected chi connectivity index (χ2v) is 6.61. The van der Waals surface area contributed by atoms with Crippen LogP contribution in [-0.2, 0) is 9.59 Å². The van der Waals surface area contributed by atoms with Crippen LogP contribution in [0.4, 0.5) is 16.2 Å². The van der Waals surface area contributed by atoms with Crippen molar-refractivity contribution in [2.45, 2.75) is 12.5 Å². The monoisotopic (exact) mass is 412 g/mol. The molecule has 0 aliphatic carbocycles. The number of rotatable bonds is 6. The topological polar surface area (TPSA) is 109 Å². The van der Waals surface area contributed by atoms with Gasteiger partial charge in [0.15, 0.2) is 0 Å². The number of carbonyl (C=O) groups is 3. The molecule has 3 N–H and O–H groups in total. The Bertz CT molecular complexity index is 916. The van der Waals surface area contributed by atoms with Gasteiger partial charge in [-0.05, 0) is 36.4 Å². The summed E-state index contributed by atoms with van der Waals surface area (Å²) in [5.74, 6) is 0.415. The molecule has 3 rings (SSSR count). The predicted octanol–water partition coefficient (Wildman–Crippen LogP) is 2.06. The molecule has 1 fully saturated rings.